The number of rotatable bonds is 10. The molecule has 0 radical (unpaired) electrons. The number of nitrogens with zero attached hydrogens (tertiary/aromatic N) is 1. The second kappa shape index (κ2) is 10.4. The Bertz CT molecular complexity index is 883. The van der Waals surface area contributed by atoms with Gasteiger partial charge in [0.1, 0.15) is 12.3 Å². The van der Waals surface area contributed by atoms with Crippen LogP contribution in [0.5, 0.6) is 5.75 Å². The lowest BCUT2D eigenvalue weighted by atomic mass is 10.2. The van der Waals surface area contributed by atoms with Gasteiger partial charge < -0.3 is 10.1 Å². The molecule has 0 bridgehead atoms. The first kappa shape index (κ1) is 22.1. The Morgan fingerprint density at radius 1 is 1.14 bits per heavy atom. The quantitative estimate of drug-likeness (QED) is 0.470. The van der Waals surface area contributed by atoms with Gasteiger partial charge in [-0.05, 0) is 43.4 Å². The Morgan fingerprint density at radius 2 is 1.82 bits per heavy atom. The van der Waals surface area contributed by atoms with E-state index in [0.29, 0.717) is 18.0 Å². The van der Waals surface area contributed by atoms with Gasteiger partial charge in [-0.15, -0.1) is 11.8 Å². The van der Waals surface area contributed by atoms with Crippen LogP contribution in [0.2, 0.25) is 0 Å². The van der Waals surface area contributed by atoms with Gasteiger partial charge in [0, 0.05) is 11.4 Å². The molecule has 2 aromatic rings. The number of carbonyl (C=O) groups is 1. The van der Waals surface area contributed by atoms with Crippen LogP contribution in [-0.2, 0) is 14.8 Å². The molecule has 0 unspecified atom stereocenters. The van der Waals surface area contributed by atoms with Crippen LogP contribution >= 0.6 is 11.8 Å². The zero-order chi connectivity index (χ0) is 20.6. The van der Waals surface area contributed by atoms with Gasteiger partial charge in [0.25, 0.3) is 0 Å². The largest absolute Gasteiger partial charge is 0.495 e. The molecule has 2 aromatic carbocycles. The van der Waals surface area contributed by atoms with Gasteiger partial charge in [-0.1, -0.05) is 29.8 Å². The van der Waals surface area contributed by atoms with E-state index >= 15 is 0 Å². The maximum absolute atomic E-state index is 12.3. The van der Waals surface area contributed by atoms with Gasteiger partial charge in [0.2, 0.25) is 15.9 Å². The maximum atomic E-state index is 12.3. The Balaban J connectivity index is 1.86. The summed E-state index contributed by atoms with van der Waals surface area (Å²) in [5.74, 6) is 0.915. The molecule has 6 nitrogen and oxygen atoms in total. The fourth-order valence-electron chi connectivity index (χ4n) is 2.53. The highest BCUT2D eigenvalue weighted by atomic mass is 32.2. The molecule has 1 amide bonds. The van der Waals surface area contributed by atoms with E-state index in [4.69, 9.17) is 4.74 Å². The molecule has 0 atom stereocenters. The zero-order valence-corrected chi connectivity index (χ0v) is 18.0. The topological polar surface area (TPSA) is 75.7 Å². The van der Waals surface area contributed by atoms with Crippen molar-refractivity contribution in [3.05, 3.63) is 54.1 Å². The van der Waals surface area contributed by atoms with Crippen molar-refractivity contribution < 1.29 is 17.9 Å². The number of aryl methyl sites for hydroxylation is 1. The number of nitrogens with one attached hydrogen (secondary N) is 1. The van der Waals surface area contributed by atoms with Crippen LogP contribution in [0.4, 0.5) is 5.69 Å². The van der Waals surface area contributed by atoms with E-state index in [0.717, 1.165) is 22.7 Å². The van der Waals surface area contributed by atoms with Crippen LogP contribution in [0.1, 0.15) is 12.0 Å². The van der Waals surface area contributed by atoms with Crippen molar-refractivity contribution in [2.75, 3.05) is 36.5 Å². The van der Waals surface area contributed by atoms with Crippen LogP contribution in [0.15, 0.2) is 53.4 Å². The van der Waals surface area contributed by atoms with Crippen LogP contribution in [0.25, 0.3) is 0 Å². The minimum atomic E-state index is -3.63. The van der Waals surface area contributed by atoms with Crippen molar-refractivity contribution >= 4 is 33.4 Å². The normalized spacial score (nSPS) is 11.1. The maximum Gasteiger partial charge on any atom is 0.240 e. The molecule has 0 spiro atoms. The lowest BCUT2D eigenvalue weighted by Gasteiger charge is -2.23. The number of amides is 1. The van der Waals surface area contributed by atoms with E-state index in [1.807, 2.05) is 0 Å². The van der Waals surface area contributed by atoms with Gasteiger partial charge in [-0.3, -0.25) is 9.10 Å². The smallest absolute Gasteiger partial charge is 0.240 e. The Morgan fingerprint density at radius 3 is 2.46 bits per heavy atom. The summed E-state index contributed by atoms with van der Waals surface area (Å²) < 4.78 is 30.6. The number of ether oxygens (including phenoxy) is 1. The Kier molecular flexibility index (Phi) is 8.19. The second-order valence-corrected chi connectivity index (χ2v) is 9.38. The van der Waals surface area contributed by atoms with Crippen LogP contribution in [0, 0.1) is 6.92 Å². The van der Waals surface area contributed by atoms with Crippen LogP contribution in [-0.4, -0.2) is 46.5 Å². The van der Waals surface area contributed by atoms with E-state index in [1.165, 1.54) is 17.6 Å². The molecule has 0 heterocycles. The molecule has 8 heteroatoms. The van der Waals surface area contributed by atoms with Crippen LogP contribution in [0.3, 0.4) is 0 Å². The van der Waals surface area contributed by atoms with E-state index in [9.17, 15) is 13.2 Å². The first-order chi connectivity index (χ1) is 13.3. The van der Waals surface area contributed by atoms with E-state index in [2.05, 4.69) is 36.5 Å². The predicted octanol–water partition coefficient (Wildman–Crippen LogP) is 3.07. The molecule has 152 valence electrons. The molecule has 1 N–H and O–H groups in total. The lowest BCUT2D eigenvalue weighted by molar-refractivity contribution is -0.119. The molecule has 0 aliphatic carbocycles. The summed E-state index contributed by atoms with van der Waals surface area (Å²) in [7, 11) is -2.17. The molecular weight excluding hydrogens is 396 g/mol. The number of methoxy groups -OCH3 is 1. The van der Waals surface area contributed by atoms with Crippen molar-refractivity contribution in [1.82, 2.24) is 5.32 Å². The summed E-state index contributed by atoms with van der Waals surface area (Å²) in [4.78, 5) is 13.5. The third-order valence-corrected chi connectivity index (χ3v) is 6.20. The highest BCUT2D eigenvalue weighted by molar-refractivity contribution is 7.99. The lowest BCUT2D eigenvalue weighted by Crippen LogP contribution is -2.40. The number of hydrogen-bond acceptors (Lipinski definition) is 5. The third-order valence-electron chi connectivity index (χ3n) is 3.97. The number of sulfonamides is 1. The van der Waals surface area contributed by atoms with Gasteiger partial charge in [0.05, 0.1) is 19.1 Å². The standard InChI is InChI=1S/C20H26N2O4S2/c1-16-9-11-17(12-10-16)27-14-6-13-21-20(23)15-22(28(3,24)25)18-7-4-5-8-19(18)26-2/h4-5,7-12H,6,13-15H2,1-3H3,(H,21,23). The average Bonchev–Trinajstić information content (AvgIpc) is 2.66. The fraction of sp³-hybridized carbons (Fsp3) is 0.350. The highest BCUT2D eigenvalue weighted by Crippen LogP contribution is 2.29. The summed E-state index contributed by atoms with van der Waals surface area (Å²) >= 11 is 1.73. The minimum absolute atomic E-state index is 0.287. The molecule has 2 rings (SSSR count). The predicted molar refractivity (Wildman–Crippen MR) is 115 cm³/mol. The van der Waals surface area contributed by atoms with Crippen molar-refractivity contribution in [3.8, 4) is 5.75 Å². The molecular formula is C20H26N2O4S2. The number of anilines is 1. The van der Waals surface area contributed by atoms with E-state index < -0.39 is 10.0 Å². The molecule has 0 saturated carbocycles. The van der Waals surface area contributed by atoms with E-state index in [-0.39, 0.29) is 12.5 Å². The Hall–Kier alpha value is -2.19. The first-order valence-corrected chi connectivity index (χ1v) is 11.7. The highest BCUT2D eigenvalue weighted by Gasteiger charge is 2.23. The number of thioether (sulfide) groups is 1. The summed E-state index contributed by atoms with van der Waals surface area (Å²) in [5, 5.41) is 2.79. The summed E-state index contributed by atoms with van der Waals surface area (Å²) in [6, 6.07) is 15.0. The first-order valence-electron chi connectivity index (χ1n) is 8.88. The zero-order valence-electron chi connectivity index (χ0n) is 16.3. The molecule has 0 fully saturated rings. The SMILES string of the molecule is COc1ccccc1N(CC(=O)NCCCSc1ccc(C)cc1)S(C)(=O)=O. The fourth-order valence-corrected chi connectivity index (χ4v) is 4.24. The molecule has 28 heavy (non-hydrogen) atoms. The number of benzene rings is 2. The molecule has 0 saturated heterocycles. The van der Waals surface area contributed by atoms with Crippen LogP contribution < -0.4 is 14.4 Å². The number of carbonyl (C=O) groups excluding carboxylic acids is 1. The molecule has 0 aliphatic rings. The van der Waals surface area contributed by atoms with Crippen molar-refractivity contribution in [2.45, 2.75) is 18.2 Å². The van der Waals surface area contributed by atoms with Gasteiger partial charge >= 0.3 is 0 Å². The van der Waals surface area contributed by atoms with E-state index in [1.54, 1.807) is 36.0 Å². The molecule has 0 aliphatic heterocycles. The van der Waals surface area contributed by atoms with Crippen molar-refractivity contribution in [2.24, 2.45) is 0 Å². The monoisotopic (exact) mass is 422 g/mol. The summed E-state index contributed by atoms with van der Waals surface area (Å²) in [6.45, 7) is 2.25. The average molecular weight is 423 g/mol. The number of para-hydroxylation sites is 2. The third kappa shape index (κ3) is 6.76. The van der Waals surface area contributed by atoms with Crippen molar-refractivity contribution in [1.29, 1.82) is 0 Å². The second-order valence-electron chi connectivity index (χ2n) is 6.31. The van der Waals surface area contributed by atoms with Gasteiger partial charge in [0.15, 0.2) is 0 Å². The Labute approximate surface area is 171 Å². The van der Waals surface area contributed by atoms with Crippen molar-refractivity contribution in [3.63, 3.8) is 0 Å². The summed E-state index contributed by atoms with van der Waals surface area (Å²) in [5.41, 5.74) is 1.57. The molecule has 0 aromatic heterocycles. The van der Waals surface area contributed by atoms with Gasteiger partial charge in [-0.25, -0.2) is 8.42 Å². The van der Waals surface area contributed by atoms with Gasteiger partial charge in [-0.2, -0.15) is 0 Å². The summed E-state index contributed by atoms with van der Waals surface area (Å²) in [6.07, 6.45) is 1.86. The minimum Gasteiger partial charge on any atom is -0.495 e. The number of hydrogen-bond donors (Lipinski definition) is 1.